The van der Waals surface area contributed by atoms with E-state index >= 15 is 0 Å². The number of unbranched alkanes of at least 4 members (excludes halogenated alkanes) is 2. The van der Waals surface area contributed by atoms with Gasteiger partial charge in [-0.05, 0) is 48.4 Å². The van der Waals surface area contributed by atoms with Crippen molar-refractivity contribution in [2.24, 2.45) is 0 Å². The van der Waals surface area contributed by atoms with E-state index in [2.05, 4.69) is 69.4 Å². The third-order valence-corrected chi connectivity index (χ3v) is 11.4. The predicted octanol–water partition coefficient (Wildman–Crippen LogP) is 8.75. The van der Waals surface area contributed by atoms with Crippen LogP contribution in [0.3, 0.4) is 0 Å². The maximum Gasteiger partial charge on any atom is 0.162 e. The van der Waals surface area contributed by atoms with Crippen molar-refractivity contribution in [1.29, 1.82) is 0 Å². The van der Waals surface area contributed by atoms with Crippen LogP contribution in [0.4, 0.5) is 0 Å². The Balaban J connectivity index is 1.55. The number of ether oxygens (including phenoxy) is 1. The van der Waals surface area contributed by atoms with Crippen LogP contribution in [0.15, 0.2) is 54.9 Å². The molecule has 0 atom stereocenters. The Morgan fingerprint density at radius 1 is 0.833 bits per heavy atom. The summed E-state index contributed by atoms with van der Waals surface area (Å²) in [4.78, 5) is 9.58. The Hall–Kier alpha value is -2.46. The van der Waals surface area contributed by atoms with Gasteiger partial charge in [0.1, 0.15) is 5.75 Å². The first-order valence-electron chi connectivity index (χ1n) is 14.2. The van der Waals surface area contributed by atoms with E-state index in [1.54, 1.807) is 0 Å². The fraction of sp³-hybridized carbons (Fsp3) is 0.500. The summed E-state index contributed by atoms with van der Waals surface area (Å²) < 4.78 is 6.30. The summed E-state index contributed by atoms with van der Waals surface area (Å²) in [6.45, 7) is 10.1. The Kier molecular flexibility index (Phi) is 9.36. The van der Waals surface area contributed by atoms with Gasteiger partial charge in [0.15, 0.2) is 5.82 Å². The zero-order chi connectivity index (χ0) is 25.4. The van der Waals surface area contributed by atoms with Crippen molar-refractivity contribution in [1.82, 2.24) is 9.97 Å². The molecule has 1 heterocycles. The molecule has 0 N–H and O–H groups in total. The molecule has 0 bridgehead atoms. The second kappa shape index (κ2) is 12.7. The molecule has 1 aliphatic rings. The van der Waals surface area contributed by atoms with Crippen molar-refractivity contribution in [3.63, 3.8) is 0 Å². The smallest absolute Gasteiger partial charge is 0.162 e. The molecule has 0 amide bonds. The molecule has 4 rings (SSSR count). The van der Waals surface area contributed by atoms with Crippen molar-refractivity contribution >= 4 is 13.3 Å². The summed E-state index contributed by atoms with van der Waals surface area (Å²) in [5.41, 5.74) is 4.72. The second-order valence-corrected chi connectivity index (χ2v) is 16.0. The van der Waals surface area contributed by atoms with E-state index in [1.807, 2.05) is 12.4 Å². The van der Waals surface area contributed by atoms with Gasteiger partial charge in [-0.3, -0.25) is 0 Å². The summed E-state index contributed by atoms with van der Waals surface area (Å²) in [6.07, 6.45) is 15.4. The molecule has 3 nitrogen and oxygen atoms in total. The lowest BCUT2D eigenvalue weighted by Crippen LogP contribution is -2.41. The van der Waals surface area contributed by atoms with E-state index in [-0.39, 0.29) is 0 Å². The molecule has 1 saturated carbocycles. The van der Waals surface area contributed by atoms with Gasteiger partial charge >= 0.3 is 0 Å². The van der Waals surface area contributed by atoms with Crippen LogP contribution in [0.25, 0.3) is 22.5 Å². The Bertz CT molecular complexity index is 1090. The summed E-state index contributed by atoms with van der Waals surface area (Å²) >= 11 is 0. The average Bonchev–Trinajstić information content (AvgIpc) is 2.93. The number of rotatable bonds is 11. The van der Waals surface area contributed by atoms with Crippen LogP contribution >= 0.6 is 0 Å². The van der Waals surface area contributed by atoms with Crippen molar-refractivity contribution in [2.45, 2.75) is 96.7 Å². The maximum atomic E-state index is 6.30. The minimum atomic E-state index is -1.49. The van der Waals surface area contributed by atoms with Crippen molar-refractivity contribution in [3.8, 4) is 28.3 Å². The Labute approximate surface area is 219 Å². The first-order chi connectivity index (χ1) is 17.5. The normalized spacial score (nSPS) is 14.7. The van der Waals surface area contributed by atoms with Crippen molar-refractivity contribution in [3.05, 3.63) is 60.4 Å². The minimum absolute atomic E-state index is 0.731. The first-order valence-corrected chi connectivity index (χ1v) is 17.4. The lowest BCUT2D eigenvalue weighted by atomic mass is 9.84. The predicted molar refractivity (Wildman–Crippen MR) is 156 cm³/mol. The van der Waals surface area contributed by atoms with Crippen molar-refractivity contribution < 1.29 is 4.74 Å². The third kappa shape index (κ3) is 6.64. The standard InChI is InChI=1S/C32H44N2OSi/c1-5-7-20-35-31-22-29(36(3,4)21-8-6-2)18-19-30(31)32-33-23-28(24-34-32)27-16-14-26(15-17-27)25-12-10-9-11-13-25/h14-19,22-25H,5-13,20-21H2,1-4H3. The van der Waals surface area contributed by atoms with Crippen molar-refractivity contribution in [2.75, 3.05) is 6.61 Å². The van der Waals surface area contributed by atoms with Crippen LogP contribution in [-0.2, 0) is 0 Å². The van der Waals surface area contributed by atoms with Gasteiger partial charge < -0.3 is 4.74 Å². The molecule has 0 aliphatic heterocycles. The van der Waals surface area contributed by atoms with E-state index in [0.717, 1.165) is 48.1 Å². The van der Waals surface area contributed by atoms with Gasteiger partial charge in [-0.15, -0.1) is 0 Å². The van der Waals surface area contributed by atoms with Gasteiger partial charge in [-0.1, -0.05) is 107 Å². The number of hydrogen-bond acceptors (Lipinski definition) is 3. The summed E-state index contributed by atoms with van der Waals surface area (Å²) in [6, 6.07) is 17.2. The molecule has 36 heavy (non-hydrogen) atoms. The molecule has 2 aromatic carbocycles. The van der Waals surface area contributed by atoms with Crippen LogP contribution in [0.5, 0.6) is 5.75 Å². The Morgan fingerprint density at radius 3 is 2.19 bits per heavy atom. The van der Waals surface area contributed by atoms with Gasteiger partial charge in [0, 0.05) is 18.0 Å². The third-order valence-electron chi connectivity index (χ3n) is 7.89. The maximum absolute atomic E-state index is 6.30. The average molecular weight is 501 g/mol. The van der Waals surface area contributed by atoms with Gasteiger partial charge in [0.25, 0.3) is 0 Å². The monoisotopic (exact) mass is 500 g/mol. The molecule has 0 saturated heterocycles. The van der Waals surface area contributed by atoms with Crippen LogP contribution < -0.4 is 9.92 Å². The minimum Gasteiger partial charge on any atom is -0.493 e. The Morgan fingerprint density at radius 2 is 1.53 bits per heavy atom. The van der Waals surface area contributed by atoms with E-state index < -0.39 is 8.07 Å². The lowest BCUT2D eigenvalue weighted by Gasteiger charge is -2.24. The fourth-order valence-electron chi connectivity index (χ4n) is 5.34. The first kappa shape index (κ1) is 26.6. The van der Waals surface area contributed by atoms with Crippen LogP contribution in [0.1, 0.15) is 83.1 Å². The molecule has 1 aliphatic carbocycles. The lowest BCUT2D eigenvalue weighted by molar-refractivity contribution is 0.310. The number of benzene rings is 2. The van der Waals surface area contributed by atoms with Crippen LogP contribution in [-0.4, -0.2) is 24.6 Å². The highest BCUT2D eigenvalue weighted by atomic mass is 28.3. The summed E-state index contributed by atoms with van der Waals surface area (Å²) in [5.74, 6) is 2.40. The second-order valence-electron chi connectivity index (χ2n) is 11.2. The topological polar surface area (TPSA) is 35.0 Å². The van der Waals surface area contributed by atoms with Gasteiger partial charge in [-0.25, -0.2) is 9.97 Å². The molecule has 0 unspecified atom stereocenters. The molecular formula is C32H44N2OSi. The SMILES string of the molecule is CCCCOc1cc([Si](C)(C)CCCC)ccc1-c1ncc(-c2ccc(C3CCCCC3)cc2)cn1. The number of hydrogen-bond donors (Lipinski definition) is 0. The van der Waals surface area contributed by atoms with E-state index in [9.17, 15) is 0 Å². The molecule has 192 valence electrons. The quantitative estimate of drug-likeness (QED) is 0.195. The van der Waals surface area contributed by atoms with Gasteiger partial charge in [0.05, 0.1) is 20.2 Å². The van der Waals surface area contributed by atoms with E-state index in [0.29, 0.717) is 0 Å². The molecule has 0 spiro atoms. The summed E-state index contributed by atoms with van der Waals surface area (Å²) in [5, 5.41) is 1.46. The molecule has 3 aromatic rings. The molecule has 1 fully saturated rings. The number of nitrogens with zero attached hydrogens (tertiary/aromatic N) is 2. The van der Waals surface area contributed by atoms with Crippen LogP contribution in [0, 0.1) is 0 Å². The molecule has 0 radical (unpaired) electrons. The highest BCUT2D eigenvalue weighted by molar-refractivity contribution is 6.89. The van der Waals surface area contributed by atoms with Gasteiger partial charge in [-0.2, -0.15) is 0 Å². The zero-order valence-corrected chi connectivity index (χ0v) is 23.9. The highest BCUT2D eigenvalue weighted by Crippen LogP contribution is 2.34. The van der Waals surface area contributed by atoms with Crippen LogP contribution in [0.2, 0.25) is 19.1 Å². The van der Waals surface area contributed by atoms with E-state index in [1.165, 1.54) is 67.3 Å². The molecule has 1 aromatic heterocycles. The highest BCUT2D eigenvalue weighted by Gasteiger charge is 2.24. The molecular weight excluding hydrogens is 456 g/mol. The molecule has 4 heteroatoms. The summed E-state index contributed by atoms with van der Waals surface area (Å²) in [7, 11) is -1.49. The number of aromatic nitrogens is 2. The fourth-order valence-corrected chi connectivity index (χ4v) is 7.92. The zero-order valence-electron chi connectivity index (χ0n) is 22.9. The largest absolute Gasteiger partial charge is 0.493 e. The van der Waals surface area contributed by atoms with Gasteiger partial charge in [0.2, 0.25) is 0 Å². The van der Waals surface area contributed by atoms with E-state index in [4.69, 9.17) is 14.7 Å².